The molecule has 0 bridgehead atoms. The Morgan fingerprint density at radius 3 is 2.55 bits per heavy atom. The molecule has 0 fully saturated rings. The smallest absolute Gasteiger partial charge is 0.253 e. The van der Waals surface area contributed by atoms with Gasteiger partial charge in [0, 0.05) is 49.8 Å². The van der Waals surface area contributed by atoms with Crippen LogP contribution in [0.25, 0.3) is 10.9 Å². The van der Waals surface area contributed by atoms with Gasteiger partial charge in [0.25, 0.3) is 5.91 Å². The monoisotopic (exact) mass is 391 g/mol. The van der Waals surface area contributed by atoms with Gasteiger partial charge in [-0.1, -0.05) is 30.3 Å². The predicted molar refractivity (Wildman–Crippen MR) is 119 cm³/mol. The third kappa shape index (κ3) is 5.38. The number of H-pyrrole nitrogens is 1. The number of benzene rings is 2. The van der Waals surface area contributed by atoms with Gasteiger partial charge >= 0.3 is 0 Å². The molecule has 0 aliphatic rings. The van der Waals surface area contributed by atoms with Crippen LogP contribution in [-0.4, -0.2) is 48.9 Å². The quantitative estimate of drug-likeness (QED) is 0.428. The number of carbonyl (C=O) groups excluding carboxylic acids is 1. The Balaban J connectivity index is 1.57. The fourth-order valence-corrected chi connectivity index (χ4v) is 3.18. The second-order valence-corrected chi connectivity index (χ2v) is 7.13. The van der Waals surface area contributed by atoms with Crippen LogP contribution in [0.1, 0.15) is 28.4 Å². The lowest BCUT2D eigenvalue weighted by Crippen LogP contribution is -2.38. The zero-order valence-corrected chi connectivity index (χ0v) is 17.3. The Labute approximate surface area is 172 Å². The molecule has 3 rings (SSSR count). The molecular weight excluding hydrogens is 362 g/mol. The summed E-state index contributed by atoms with van der Waals surface area (Å²) in [5, 5.41) is 7.95. The van der Waals surface area contributed by atoms with E-state index in [2.05, 4.69) is 51.9 Å². The van der Waals surface area contributed by atoms with Crippen molar-refractivity contribution in [3.63, 3.8) is 0 Å². The van der Waals surface area contributed by atoms with Crippen LogP contribution in [0, 0.1) is 0 Å². The minimum absolute atomic E-state index is 0.00679. The lowest BCUT2D eigenvalue weighted by atomic mass is 10.1. The molecule has 152 valence electrons. The van der Waals surface area contributed by atoms with E-state index in [-0.39, 0.29) is 5.91 Å². The number of para-hydroxylation sites is 1. The van der Waals surface area contributed by atoms with Crippen molar-refractivity contribution < 1.29 is 4.79 Å². The van der Waals surface area contributed by atoms with Crippen molar-refractivity contribution in [2.24, 2.45) is 4.99 Å². The van der Waals surface area contributed by atoms with Crippen LogP contribution < -0.4 is 10.6 Å². The summed E-state index contributed by atoms with van der Waals surface area (Å²) in [4.78, 5) is 21.5. The highest BCUT2D eigenvalue weighted by Crippen LogP contribution is 2.17. The molecule has 0 aliphatic heterocycles. The Morgan fingerprint density at radius 1 is 1.07 bits per heavy atom. The molecule has 0 aliphatic carbocycles. The van der Waals surface area contributed by atoms with E-state index in [1.807, 2.05) is 30.3 Å². The highest BCUT2D eigenvalue weighted by molar-refractivity contribution is 5.93. The van der Waals surface area contributed by atoms with Gasteiger partial charge in [0.1, 0.15) is 0 Å². The minimum atomic E-state index is 0.00679. The van der Waals surface area contributed by atoms with E-state index < -0.39 is 0 Å². The summed E-state index contributed by atoms with van der Waals surface area (Å²) in [5.74, 6) is 0.799. The van der Waals surface area contributed by atoms with Crippen molar-refractivity contribution in [1.29, 1.82) is 0 Å². The van der Waals surface area contributed by atoms with Gasteiger partial charge in [0.15, 0.2) is 5.96 Å². The molecule has 0 saturated heterocycles. The summed E-state index contributed by atoms with van der Waals surface area (Å²) >= 11 is 0. The number of nitrogens with zero attached hydrogens (tertiary/aromatic N) is 2. The average Bonchev–Trinajstić information content (AvgIpc) is 3.15. The molecule has 1 aromatic heterocycles. The first-order chi connectivity index (χ1) is 14.1. The van der Waals surface area contributed by atoms with E-state index in [4.69, 9.17) is 0 Å². The van der Waals surface area contributed by atoms with Crippen molar-refractivity contribution in [3.8, 4) is 0 Å². The number of hydrogen-bond acceptors (Lipinski definition) is 2. The summed E-state index contributed by atoms with van der Waals surface area (Å²) in [6.45, 7) is 4.20. The van der Waals surface area contributed by atoms with Crippen LogP contribution in [0.2, 0.25) is 0 Å². The zero-order valence-electron chi connectivity index (χ0n) is 17.3. The lowest BCUT2D eigenvalue weighted by Gasteiger charge is -2.12. The predicted octanol–water partition coefficient (Wildman–Crippen LogP) is 3.17. The normalized spacial score (nSPS) is 11.5. The van der Waals surface area contributed by atoms with Gasteiger partial charge in [-0.2, -0.15) is 0 Å². The number of hydrogen-bond donors (Lipinski definition) is 3. The van der Waals surface area contributed by atoms with Crippen LogP contribution in [0.15, 0.2) is 59.7 Å². The molecule has 3 N–H and O–H groups in total. The molecule has 1 heterocycles. The average molecular weight is 392 g/mol. The van der Waals surface area contributed by atoms with Crippen molar-refractivity contribution in [3.05, 3.63) is 71.4 Å². The molecular formula is C23H29N5O. The van der Waals surface area contributed by atoms with Crippen LogP contribution in [0.3, 0.4) is 0 Å². The van der Waals surface area contributed by atoms with Gasteiger partial charge in [-0.25, -0.2) is 4.99 Å². The molecule has 0 atom stereocenters. The van der Waals surface area contributed by atoms with Crippen LogP contribution in [0.5, 0.6) is 0 Å². The third-order valence-corrected chi connectivity index (χ3v) is 4.73. The summed E-state index contributed by atoms with van der Waals surface area (Å²) in [7, 11) is 3.51. The van der Waals surface area contributed by atoms with Crippen LogP contribution in [0.4, 0.5) is 0 Å². The summed E-state index contributed by atoms with van der Waals surface area (Å²) in [6.07, 6.45) is 2.99. The lowest BCUT2D eigenvalue weighted by molar-refractivity contribution is 0.0827. The van der Waals surface area contributed by atoms with E-state index in [9.17, 15) is 4.79 Å². The second-order valence-electron chi connectivity index (χ2n) is 7.13. The van der Waals surface area contributed by atoms with E-state index in [0.717, 1.165) is 31.0 Å². The van der Waals surface area contributed by atoms with Crippen LogP contribution in [-0.2, 0) is 13.0 Å². The van der Waals surface area contributed by atoms with Gasteiger partial charge in [-0.15, -0.1) is 0 Å². The Hall–Kier alpha value is -3.28. The number of nitrogens with one attached hydrogen (secondary N) is 3. The molecule has 6 nitrogen and oxygen atoms in total. The maximum atomic E-state index is 12.0. The second kappa shape index (κ2) is 9.78. The number of aromatic nitrogens is 1. The zero-order chi connectivity index (χ0) is 20.6. The molecule has 1 amide bonds. The number of fused-ring (bicyclic) bond motifs is 1. The molecule has 2 aromatic carbocycles. The Kier molecular flexibility index (Phi) is 6.89. The first-order valence-electron chi connectivity index (χ1n) is 9.96. The number of rotatable bonds is 7. The van der Waals surface area contributed by atoms with Crippen molar-refractivity contribution >= 4 is 22.8 Å². The molecule has 29 heavy (non-hydrogen) atoms. The maximum Gasteiger partial charge on any atom is 0.253 e. The first-order valence-corrected chi connectivity index (χ1v) is 9.96. The topological polar surface area (TPSA) is 72.5 Å². The molecule has 0 spiro atoms. The largest absolute Gasteiger partial charge is 0.361 e. The first kappa shape index (κ1) is 20.5. The van der Waals surface area contributed by atoms with Gasteiger partial charge in [-0.05, 0) is 42.7 Å². The minimum Gasteiger partial charge on any atom is -0.361 e. The molecule has 0 unspecified atom stereocenters. The SMILES string of the molecule is CCNC(=NCc1ccc(C(=O)N(C)C)cc1)NCCc1c[nH]c2ccccc12. The Morgan fingerprint density at radius 2 is 1.83 bits per heavy atom. The summed E-state index contributed by atoms with van der Waals surface area (Å²) < 4.78 is 0. The number of amides is 1. The molecule has 3 aromatic rings. The molecule has 6 heteroatoms. The molecule has 0 saturated carbocycles. The van der Waals surface area contributed by atoms with E-state index in [1.54, 1.807) is 19.0 Å². The standard InChI is InChI=1S/C23H29N5O/c1-4-24-23(25-14-13-19-16-26-21-8-6-5-7-20(19)21)27-15-17-9-11-18(12-10-17)22(29)28(2)3/h5-12,16,26H,4,13-15H2,1-3H3,(H2,24,25,27). The summed E-state index contributed by atoms with van der Waals surface area (Å²) in [5.41, 5.74) is 4.21. The Bertz CT molecular complexity index is 972. The fraction of sp³-hybridized carbons (Fsp3) is 0.304. The number of aliphatic imine (C=N–C) groups is 1. The highest BCUT2D eigenvalue weighted by Gasteiger charge is 2.07. The third-order valence-electron chi connectivity index (χ3n) is 4.73. The van der Waals surface area contributed by atoms with Gasteiger partial charge < -0.3 is 20.5 Å². The highest BCUT2D eigenvalue weighted by atomic mass is 16.2. The van der Waals surface area contributed by atoms with Gasteiger partial charge in [0.2, 0.25) is 0 Å². The fourth-order valence-electron chi connectivity index (χ4n) is 3.18. The van der Waals surface area contributed by atoms with E-state index in [1.165, 1.54) is 16.5 Å². The van der Waals surface area contributed by atoms with Gasteiger partial charge in [0.05, 0.1) is 6.54 Å². The number of guanidine groups is 1. The maximum absolute atomic E-state index is 12.0. The van der Waals surface area contributed by atoms with Gasteiger partial charge in [-0.3, -0.25) is 4.79 Å². The van der Waals surface area contributed by atoms with Crippen molar-refractivity contribution in [2.45, 2.75) is 19.9 Å². The van der Waals surface area contributed by atoms with E-state index >= 15 is 0 Å². The summed E-state index contributed by atoms with van der Waals surface area (Å²) in [6, 6.07) is 16.0. The van der Waals surface area contributed by atoms with Crippen LogP contribution >= 0.6 is 0 Å². The van der Waals surface area contributed by atoms with Crippen molar-refractivity contribution in [2.75, 3.05) is 27.2 Å². The number of carbonyl (C=O) groups is 1. The number of aromatic amines is 1. The van der Waals surface area contributed by atoms with Crippen molar-refractivity contribution in [1.82, 2.24) is 20.5 Å². The van der Waals surface area contributed by atoms with E-state index in [0.29, 0.717) is 12.1 Å². The molecule has 0 radical (unpaired) electrons.